The van der Waals surface area contributed by atoms with Crippen LogP contribution in [0.5, 0.6) is 0 Å². The summed E-state index contributed by atoms with van der Waals surface area (Å²) in [5, 5.41) is 2.43. The Morgan fingerprint density at radius 2 is 2.28 bits per heavy atom. The van der Waals surface area contributed by atoms with Gasteiger partial charge in [0, 0.05) is 25.5 Å². The van der Waals surface area contributed by atoms with Crippen molar-refractivity contribution in [1.29, 1.82) is 0 Å². The van der Waals surface area contributed by atoms with Crippen LogP contribution in [0.2, 0.25) is 0 Å². The molecule has 0 saturated carbocycles. The van der Waals surface area contributed by atoms with E-state index in [1.165, 1.54) is 16.2 Å². The maximum atomic E-state index is 12.1. The first kappa shape index (κ1) is 13.0. The van der Waals surface area contributed by atoms with Gasteiger partial charge in [-0.1, -0.05) is 0 Å². The molecular formula is C11H16N4O2S. The monoisotopic (exact) mass is 268 g/mol. The van der Waals surface area contributed by atoms with Crippen LogP contribution in [0, 0.1) is 0 Å². The summed E-state index contributed by atoms with van der Waals surface area (Å²) >= 11 is 1.37. The topological polar surface area (TPSA) is 79.5 Å². The lowest BCUT2D eigenvalue weighted by Gasteiger charge is -2.31. The Kier molecular flexibility index (Phi) is 3.63. The maximum absolute atomic E-state index is 12.1. The number of carbonyl (C=O) groups excluding carboxylic acids is 2. The molecule has 0 radical (unpaired) electrons. The molecule has 0 bridgehead atoms. The minimum absolute atomic E-state index is 0.0442. The van der Waals surface area contributed by atoms with Gasteiger partial charge in [0.1, 0.15) is 17.2 Å². The Balaban J connectivity index is 2.09. The number of carbonyl (C=O) groups is 2. The Labute approximate surface area is 109 Å². The summed E-state index contributed by atoms with van der Waals surface area (Å²) < 4.78 is 0. The molecule has 1 aromatic heterocycles. The molecule has 2 rings (SSSR count). The van der Waals surface area contributed by atoms with Gasteiger partial charge in [0.2, 0.25) is 5.91 Å². The summed E-state index contributed by atoms with van der Waals surface area (Å²) in [7, 11) is 1.74. The zero-order valence-corrected chi connectivity index (χ0v) is 11.2. The van der Waals surface area contributed by atoms with Crippen molar-refractivity contribution in [3.63, 3.8) is 0 Å². The second-order valence-corrected chi connectivity index (χ2v) is 5.29. The maximum Gasteiger partial charge on any atom is 0.273 e. The number of rotatable bonds is 2. The first-order chi connectivity index (χ1) is 8.49. The summed E-state index contributed by atoms with van der Waals surface area (Å²) in [5.41, 5.74) is 6.09. The van der Waals surface area contributed by atoms with Gasteiger partial charge in [-0.3, -0.25) is 9.59 Å². The van der Waals surface area contributed by atoms with Gasteiger partial charge in [-0.25, -0.2) is 4.98 Å². The van der Waals surface area contributed by atoms with E-state index in [1.54, 1.807) is 17.3 Å². The molecule has 2 N–H and O–H groups in total. The summed E-state index contributed by atoms with van der Waals surface area (Å²) in [6.45, 7) is 3.06. The molecular weight excluding hydrogens is 252 g/mol. The van der Waals surface area contributed by atoms with Crippen LogP contribution in [-0.2, 0) is 4.79 Å². The lowest BCUT2D eigenvalue weighted by Crippen LogP contribution is -2.50. The fraction of sp³-hybridized carbons (Fsp3) is 0.545. The predicted octanol–water partition coefficient (Wildman–Crippen LogP) is 0.0770. The lowest BCUT2D eigenvalue weighted by atomic mass is 10.3. The predicted molar refractivity (Wildman–Crippen MR) is 68.3 cm³/mol. The molecule has 0 aliphatic carbocycles. The molecule has 0 aromatic carbocycles. The molecule has 6 nitrogen and oxygen atoms in total. The van der Waals surface area contributed by atoms with Gasteiger partial charge in [0.25, 0.3) is 5.91 Å². The molecule has 1 aromatic rings. The van der Waals surface area contributed by atoms with Gasteiger partial charge in [0.15, 0.2) is 0 Å². The summed E-state index contributed by atoms with van der Waals surface area (Å²) in [4.78, 5) is 31.1. The number of nitrogens with two attached hydrogens (primary N) is 1. The second-order valence-electron chi connectivity index (χ2n) is 4.40. The Bertz CT molecular complexity index is 471. The molecule has 98 valence electrons. The van der Waals surface area contributed by atoms with Crippen LogP contribution < -0.4 is 5.73 Å². The quantitative estimate of drug-likeness (QED) is 0.823. The normalized spacial score (nSPS) is 18.1. The minimum atomic E-state index is -0.195. The summed E-state index contributed by atoms with van der Waals surface area (Å²) in [6, 6.07) is -0.175. The highest BCUT2D eigenvalue weighted by atomic mass is 32.1. The van der Waals surface area contributed by atoms with Gasteiger partial charge in [-0.15, -0.1) is 11.3 Å². The van der Waals surface area contributed by atoms with Gasteiger partial charge in [-0.2, -0.15) is 0 Å². The van der Waals surface area contributed by atoms with E-state index in [2.05, 4.69) is 4.98 Å². The van der Waals surface area contributed by atoms with Crippen molar-refractivity contribution in [2.45, 2.75) is 13.0 Å². The van der Waals surface area contributed by atoms with Gasteiger partial charge >= 0.3 is 0 Å². The van der Waals surface area contributed by atoms with E-state index in [9.17, 15) is 9.59 Å². The number of hydrogen-bond donors (Lipinski definition) is 1. The van der Waals surface area contributed by atoms with Crippen LogP contribution >= 0.6 is 11.3 Å². The molecule has 1 aliphatic rings. The van der Waals surface area contributed by atoms with E-state index in [0.717, 1.165) is 5.01 Å². The fourth-order valence-corrected chi connectivity index (χ4v) is 2.44. The number of amides is 2. The van der Waals surface area contributed by atoms with E-state index < -0.39 is 0 Å². The zero-order valence-electron chi connectivity index (χ0n) is 10.4. The molecule has 1 atom stereocenters. The lowest BCUT2D eigenvalue weighted by molar-refractivity contribution is -0.133. The summed E-state index contributed by atoms with van der Waals surface area (Å²) in [6.07, 6.45) is 0. The molecule has 2 heterocycles. The molecule has 2 amide bonds. The van der Waals surface area contributed by atoms with Crippen molar-refractivity contribution < 1.29 is 9.59 Å². The van der Waals surface area contributed by atoms with Crippen LogP contribution in [0.25, 0.3) is 0 Å². The number of hydrogen-bond acceptors (Lipinski definition) is 5. The molecule has 0 spiro atoms. The van der Waals surface area contributed by atoms with Crippen molar-refractivity contribution >= 4 is 23.2 Å². The summed E-state index contributed by atoms with van der Waals surface area (Å²) in [5.74, 6) is -0.239. The van der Waals surface area contributed by atoms with Crippen LogP contribution in [0.3, 0.4) is 0 Å². The van der Waals surface area contributed by atoms with Crippen molar-refractivity contribution in [2.24, 2.45) is 5.73 Å². The average Bonchev–Trinajstić information content (AvgIpc) is 2.81. The largest absolute Gasteiger partial charge is 0.342 e. The Morgan fingerprint density at radius 1 is 1.56 bits per heavy atom. The average molecular weight is 268 g/mol. The van der Waals surface area contributed by atoms with E-state index in [4.69, 9.17) is 5.73 Å². The number of aromatic nitrogens is 1. The van der Waals surface area contributed by atoms with E-state index in [-0.39, 0.29) is 24.4 Å². The van der Waals surface area contributed by atoms with Crippen LogP contribution in [0.1, 0.15) is 28.5 Å². The number of likely N-dealkylation sites (N-methyl/N-ethyl adjacent to an activating group) is 1. The van der Waals surface area contributed by atoms with E-state index in [0.29, 0.717) is 18.8 Å². The molecule has 1 saturated heterocycles. The standard InChI is InChI=1S/C11H16N4O2S/c1-7(12)10-13-8(6-18-10)11(17)15-4-3-14(2)9(16)5-15/h6-7H,3-5,12H2,1-2H3. The number of thiazole rings is 1. The van der Waals surface area contributed by atoms with Crippen LogP contribution in [0.4, 0.5) is 0 Å². The van der Waals surface area contributed by atoms with Gasteiger partial charge in [-0.05, 0) is 6.92 Å². The third-order valence-corrected chi connectivity index (χ3v) is 3.92. The van der Waals surface area contributed by atoms with Crippen molar-refractivity contribution in [3.05, 3.63) is 16.1 Å². The SMILES string of the molecule is CC(N)c1nc(C(=O)N2CCN(C)C(=O)C2)cs1. The Morgan fingerprint density at radius 3 is 2.83 bits per heavy atom. The van der Waals surface area contributed by atoms with Crippen LogP contribution in [0.15, 0.2) is 5.38 Å². The van der Waals surface area contributed by atoms with Crippen molar-refractivity contribution in [2.75, 3.05) is 26.7 Å². The van der Waals surface area contributed by atoms with Crippen molar-refractivity contribution in [1.82, 2.24) is 14.8 Å². The number of piperazine rings is 1. The molecule has 1 fully saturated rings. The first-order valence-electron chi connectivity index (χ1n) is 5.73. The molecule has 7 heteroatoms. The fourth-order valence-electron chi connectivity index (χ4n) is 1.69. The third kappa shape index (κ3) is 2.51. The van der Waals surface area contributed by atoms with E-state index >= 15 is 0 Å². The Hall–Kier alpha value is -1.47. The number of nitrogens with zero attached hydrogens (tertiary/aromatic N) is 3. The van der Waals surface area contributed by atoms with Gasteiger partial charge < -0.3 is 15.5 Å². The highest BCUT2D eigenvalue weighted by molar-refractivity contribution is 7.09. The second kappa shape index (κ2) is 5.03. The van der Waals surface area contributed by atoms with Crippen LogP contribution in [-0.4, -0.2) is 53.3 Å². The smallest absolute Gasteiger partial charge is 0.273 e. The first-order valence-corrected chi connectivity index (χ1v) is 6.61. The highest BCUT2D eigenvalue weighted by Crippen LogP contribution is 2.17. The third-order valence-electron chi connectivity index (χ3n) is 2.88. The van der Waals surface area contributed by atoms with Gasteiger partial charge in [0.05, 0.1) is 6.04 Å². The van der Waals surface area contributed by atoms with E-state index in [1.807, 2.05) is 6.92 Å². The molecule has 1 unspecified atom stereocenters. The molecule has 18 heavy (non-hydrogen) atoms. The molecule has 1 aliphatic heterocycles. The minimum Gasteiger partial charge on any atom is -0.342 e. The highest BCUT2D eigenvalue weighted by Gasteiger charge is 2.27. The van der Waals surface area contributed by atoms with Crippen molar-refractivity contribution in [3.8, 4) is 0 Å². The zero-order chi connectivity index (χ0) is 13.3.